The molecule has 5 nitrogen and oxygen atoms in total. The second-order valence-electron chi connectivity index (χ2n) is 8.55. The first-order chi connectivity index (χ1) is 15.9. The highest BCUT2D eigenvalue weighted by atomic mass is 19.1. The van der Waals surface area contributed by atoms with Gasteiger partial charge in [0, 0.05) is 31.6 Å². The van der Waals surface area contributed by atoms with Gasteiger partial charge in [0.15, 0.2) is 0 Å². The Hall–Kier alpha value is -2.73. The van der Waals surface area contributed by atoms with Crippen molar-refractivity contribution in [3.63, 3.8) is 0 Å². The lowest BCUT2D eigenvalue weighted by Crippen LogP contribution is -2.24. The summed E-state index contributed by atoms with van der Waals surface area (Å²) in [7, 11) is 3.88. The summed E-state index contributed by atoms with van der Waals surface area (Å²) in [6.07, 6.45) is 6.80. The molecule has 1 heterocycles. The number of rotatable bonds is 5. The van der Waals surface area contributed by atoms with Crippen molar-refractivity contribution in [3.05, 3.63) is 59.4 Å². The predicted molar refractivity (Wildman–Crippen MR) is 139 cm³/mol. The van der Waals surface area contributed by atoms with E-state index in [0.29, 0.717) is 12.5 Å². The first-order valence-corrected chi connectivity index (χ1v) is 12.1. The highest BCUT2D eigenvalue weighted by molar-refractivity contribution is 5.90. The predicted octanol–water partition coefficient (Wildman–Crippen LogP) is 6.11. The second kappa shape index (κ2) is 13.7. The van der Waals surface area contributed by atoms with Gasteiger partial charge in [-0.25, -0.2) is 9.37 Å². The second-order valence-corrected chi connectivity index (χ2v) is 8.55. The van der Waals surface area contributed by atoms with Gasteiger partial charge in [0.1, 0.15) is 11.6 Å². The largest absolute Gasteiger partial charge is 0.368 e. The van der Waals surface area contributed by atoms with Crippen LogP contribution in [0.2, 0.25) is 0 Å². The molecule has 3 aromatic rings. The fourth-order valence-electron chi connectivity index (χ4n) is 4.02. The average Bonchev–Trinajstić information content (AvgIpc) is 2.82. The summed E-state index contributed by atoms with van der Waals surface area (Å²) in [5.74, 6) is 1.89. The number of nitrogens with one attached hydrogen (secondary N) is 1. The fraction of sp³-hybridized carbons (Fsp3) is 0.481. The molecule has 1 aliphatic rings. The summed E-state index contributed by atoms with van der Waals surface area (Å²) in [4.78, 5) is 10.3. The monoisotopic (exact) mass is 453 g/mol. The van der Waals surface area contributed by atoms with E-state index in [4.69, 9.17) is 5.73 Å². The number of nitrogens with zero attached hydrogens (tertiary/aromatic N) is 3. The number of nitrogen functional groups attached to an aromatic ring is 1. The third-order valence-electron chi connectivity index (χ3n) is 5.71. The zero-order valence-corrected chi connectivity index (χ0v) is 20.9. The molecule has 0 atom stereocenters. The van der Waals surface area contributed by atoms with Crippen LogP contribution in [0, 0.1) is 18.7 Å². The smallest absolute Gasteiger partial charge is 0.222 e. The van der Waals surface area contributed by atoms with E-state index in [1.807, 2.05) is 76.2 Å². The summed E-state index contributed by atoms with van der Waals surface area (Å²) >= 11 is 0. The Kier molecular flexibility index (Phi) is 11.0. The van der Waals surface area contributed by atoms with E-state index in [0.717, 1.165) is 40.3 Å². The van der Waals surface area contributed by atoms with Crippen LogP contribution in [0.1, 0.15) is 57.1 Å². The van der Waals surface area contributed by atoms with Crippen molar-refractivity contribution in [1.29, 1.82) is 0 Å². The molecule has 0 spiro atoms. The van der Waals surface area contributed by atoms with Gasteiger partial charge in [-0.1, -0.05) is 57.4 Å². The molecular weight excluding hydrogens is 413 g/mol. The molecular formula is C27H40FN5. The van der Waals surface area contributed by atoms with Gasteiger partial charge in [0.05, 0.1) is 5.52 Å². The third kappa shape index (κ3) is 8.28. The number of nitrogens with two attached hydrogens (primary N) is 1. The molecule has 0 radical (unpaired) electrons. The van der Waals surface area contributed by atoms with Crippen LogP contribution in [0.3, 0.4) is 0 Å². The summed E-state index contributed by atoms with van der Waals surface area (Å²) < 4.78 is 13.6. The minimum Gasteiger partial charge on any atom is -0.368 e. The van der Waals surface area contributed by atoms with Gasteiger partial charge in [0.2, 0.25) is 5.95 Å². The molecule has 33 heavy (non-hydrogen) atoms. The van der Waals surface area contributed by atoms with Crippen molar-refractivity contribution >= 4 is 22.7 Å². The van der Waals surface area contributed by atoms with Crippen molar-refractivity contribution in [2.75, 3.05) is 31.3 Å². The summed E-state index contributed by atoms with van der Waals surface area (Å²) in [5, 5.41) is 4.41. The van der Waals surface area contributed by atoms with E-state index in [2.05, 4.69) is 15.3 Å². The van der Waals surface area contributed by atoms with Crippen LogP contribution in [-0.4, -0.2) is 30.6 Å². The van der Waals surface area contributed by atoms with E-state index < -0.39 is 0 Å². The van der Waals surface area contributed by atoms with Crippen LogP contribution >= 0.6 is 0 Å². The highest BCUT2D eigenvalue weighted by Crippen LogP contribution is 2.23. The molecule has 180 valence electrons. The van der Waals surface area contributed by atoms with E-state index in [1.54, 1.807) is 6.07 Å². The lowest BCUT2D eigenvalue weighted by molar-refractivity contribution is 0.341. The number of aromatic nitrogens is 2. The topological polar surface area (TPSA) is 67.1 Å². The first-order valence-electron chi connectivity index (χ1n) is 12.1. The van der Waals surface area contributed by atoms with Crippen LogP contribution in [0.15, 0.2) is 42.5 Å². The number of fused-ring (bicyclic) bond motifs is 1. The molecule has 0 amide bonds. The number of hydrogen-bond acceptors (Lipinski definition) is 5. The van der Waals surface area contributed by atoms with Crippen LogP contribution in [0.25, 0.3) is 10.9 Å². The molecule has 0 unspecified atom stereocenters. The maximum Gasteiger partial charge on any atom is 0.222 e. The van der Waals surface area contributed by atoms with Crippen molar-refractivity contribution < 1.29 is 4.39 Å². The number of aryl methyl sites for hydroxylation is 1. The Bertz CT molecular complexity index is 983. The minimum atomic E-state index is -0.0823. The molecule has 1 aromatic heterocycles. The Labute approximate surface area is 198 Å². The molecule has 1 saturated carbocycles. The lowest BCUT2D eigenvalue weighted by Gasteiger charge is -2.21. The molecule has 4 rings (SSSR count). The summed E-state index contributed by atoms with van der Waals surface area (Å²) in [5.41, 5.74) is 8.26. The molecule has 0 bridgehead atoms. The Morgan fingerprint density at radius 2 is 1.73 bits per heavy atom. The molecule has 3 N–H and O–H groups in total. The van der Waals surface area contributed by atoms with E-state index in [-0.39, 0.29) is 5.82 Å². The van der Waals surface area contributed by atoms with Gasteiger partial charge in [-0.05, 0) is 56.0 Å². The van der Waals surface area contributed by atoms with Gasteiger partial charge >= 0.3 is 0 Å². The van der Waals surface area contributed by atoms with E-state index in [9.17, 15) is 4.39 Å². The number of benzene rings is 2. The average molecular weight is 454 g/mol. The maximum absolute atomic E-state index is 13.6. The molecule has 1 fully saturated rings. The molecule has 6 heteroatoms. The normalized spacial score (nSPS) is 13.5. The van der Waals surface area contributed by atoms with Crippen molar-refractivity contribution in [1.82, 2.24) is 15.3 Å². The molecule has 2 aromatic carbocycles. The van der Waals surface area contributed by atoms with Crippen LogP contribution in [0.5, 0.6) is 0 Å². The van der Waals surface area contributed by atoms with E-state index in [1.165, 1.54) is 32.1 Å². The van der Waals surface area contributed by atoms with Gasteiger partial charge < -0.3 is 16.0 Å². The Morgan fingerprint density at radius 3 is 2.39 bits per heavy atom. The maximum atomic E-state index is 13.6. The number of hydrogen-bond donors (Lipinski definition) is 2. The molecule has 0 saturated heterocycles. The quantitative estimate of drug-likeness (QED) is 0.488. The zero-order valence-electron chi connectivity index (χ0n) is 20.9. The fourth-order valence-corrected chi connectivity index (χ4v) is 4.02. The van der Waals surface area contributed by atoms with Crippen LogP contribution < -0.4 is 16.0 Å². The van der Waals surface area contributed by atoms with Crippen molar-refractivity contribution in [2.45, 2.75) is 59.4 Å². The summed E-state index contributed by atoms with van der Waals surface area (Å²) in [6.45, 7) is 7.61. The van der Waals surface area contributed by atoms with Crippen molar-refractivity contribution in [2.24, 2.45) is 5.92 Å². The SMILES string of the molecule is CC.CN(C)c1nc(N)nc2ccccc12.Cc1ccc(CNCC2CCCCC2)c(F)c1. The number of anilines is 2. The van der Waals surface area contributed by atoms with Gasteiger partial charge in [-0.15, -0.1) is 0 Å². The minimum absolute atomic E-state index is 0.0823. The van der Waals surface area contributed by atoms with Gasteiger partial charge in [-0.2, -0.15) is 4.98 Å². The Balaban J connectivity index is 0.000000221. The van der Waals surface area contributed by atoms with Crippen LogP contribution in [-0.2, 0) is 6.54 Å². The Morgan fingerprint density at radius 1 is 1.03 bits per heavy atom. The third-order valence-corrected chi connectivity index (χ3v) is 5.71. The first kappa shape index (κ1) is 26.5. The van der Waals surface area contributed by atoms with Crippen LogP contribution in [0.4, 0.5) is 16.2 Å². The molecule has 0 aliphatic heterocycles. The standard InChI is InChI=1S/C15H22FN.C10H12N4.C2H6/c1-12-7-8-14(15(16)9-12)11-17-10-13-5-3-2-4-6-13;1-14(2)9-7-5-3-4-6-8(7)12-10(11)13-9;1-2/h7-9,13,17H,2-6,10-11H2,1H3;3-6H,1-2H3,(H2,11,12,13);1-2H3. The molecule has 1 aliphatic carbocycles. The van der Waals surface area contributed by atoms with E-state index >= 15 is 0 Å². The number of para-hydroxylation sites is 1. The highest BCUT2D eigenvalue weighted by Gasteiger charge is 2.13. The number of halogens is 1. The zero-order chi connectivity index (χ0) is 24.2. The van der Waals surface area contributed by atoms with Gasteiger partial charge in [0.25, 0.3) is 0 Å². The van der Waals surface area contributed by atoms with Gasteiger partial charge in [-0.3, -0.25) is 0 Å². The van der Waals surface area contributed by atoms with Crippen molar-refractivity contribution in [3.8, 4) is 0 Å². The lowest BCUT2D eigenvalue weighted by atomic mass is 9.89. The summed E-state index contributed by atoms with van der Waals surface area (Å²) in [6, 6.07) is 13.3.